The molecule has 0 saturated carbocycles. The average Bonchev–Trinajstić information content (AvgIpc) is 2.15. The molecule has 1 unspecified atom stereocenters. The summed E-state index contributed by atoms with van der Waals surface area (Å²) >= 11 is 0. The van der Waals surface area contributed by atoms with Gasteiger partial charge in [-0.2, -0.15) is 4.31 Å². The van der Waals surface area contributed by atoms with Crippen molar-refractivity contribution in [2.75, 3.05) is 32.1 Å². The maximum atomic E-state index is 12.1. The molecule has 0 amide bonds. The Hall–Kier alpha value is -0.170. The summed E-state index contributed by atoms with van der Waals surface area (Å²) in [6, 6.07) is -0.303. The van der Waals surface area contributed by atoms with Crippen molar-refractivity contribution < 1.29 is 13.2 Å². The summed E-state index contributed by atoms with van der Waals surface area (Å²) in [4.78, 5) is 0. The monoisotopic (exact) mass is 264 g/mol. The van der Waals surface area contributed by atoms with Crippen LogP contribution in [-0.2, 0) is 14.8 Å². The van der Waals surface area contributed by atoms with Gasteiger partial charge >= 0.3 is 0 Å². The molecule has 0 aromatic carbocycles. The van der Waals surface area contributed by atoms with Crippen LogP contribution in [0.3, 0.4) is 0 Å². The van der Waals surface area contributed by atoms with E-state index in [1.165, 1.54) is 4.31 Å². The molecule has 2 N–H and O–H groups in total. The summed E-state index contributed by atoms with van der Waals surface area (Å²) in [7, 11) is -3.23. The highest BCUT2D eigenvalue weighted by Crippen LogP contribution is 2.21. The molecule has 0 aliphatic carbocycles. The lowest BCUT2D eigenvalue weighted by Crippen LogP contribution is -2.45. The zero-order valence-electron chi connectivity index (χ0n) is 11.0. The maximum Gasteiger partial charge on any atom is 0.215 e. The fourth-order valence-electron chi connectivity index (χ4n) is 2.05. The molecule has 1 fully saturated rings. The predicted octanol–water partition coefficient (Wildman–Crippen LogP) is 0.412. The molecule has 102 valence electrons. The van der Waals surface area contributed by atoms with Crippen molar-refractivity contribution in [3.8, 4) is 0 Å². The van der Waals surface area contributed by atoms with Crippen LogP contribution >= 0.6 is 0 Å². The third-order valence-electron chi connectivity index (χ3n) is 2.66. The van der Waals surface area contributed by atoms with Crippen molar-refractivity contribution in [1.29, 1.82) is 0 Å². The average molecular weight is 264 g/mol. The first-order valence-corrected chi connectivity index (χ1v) is 7.63. The van der Waals surface area contributed by atoms with E-state index in [2.05, 4.69) is 20.8 Å². The van der Waals surface area contributed by atoms with E-state index in [-0.39, 0.29) is 17.2 Å². The Morgan fingerprint density at radius 2 is 1.82 bits per heavy atom. The number of morpholine rings is 1. The van der Waals surface area contributed by atoms with Crippen LogP contribution in [0.1, 0.15) is 27.2 Å². The van der Waals surface area contributed by atoms with Gasteiger partial charge < -0.3 is 10.5 Å². The van der Waals surface area contributed by atoms with Gasteiger partial charge in [0.1, 0.15) is 0 Å². The van der Waals surface area contributed by atoms with Crippen LogP contribution in [-0.4, -0.2) is 50.8 Å². The number of nitrogens with zero attached hydrogens (tertiary/aromatic N) is 1. The Morgan fingerprint density at radius 1 is 1.29 bits per heavy atom. The molecule has 17 heavy (non-hydrogen) atoms. The Bertz CT molecular complexity index is 329. The SMILES string of the molecule is CC(C)(C)CC(N)CS(=O)(=O)N1CCOCC1. The first-order chi connectivity index (χ1) is 7.71. The zero-order chi connectivity index (χ0) is 13.1. The minimum atomic E-state index is -3.23. The summed E-state index contributed by atoms with van der Waals surface area (Å²) in [5.74, 6) is 0.0320. The molecular weight excluding hydrogens is 240 g/mol. The zero-order valence-corrected chi connectivity index (χ0v) is 11.8. The lowest BCUT2D eigenvalue weighted by molar-refractivity contribution is 0.0729. The molecule has 1 rings (SSSR count). The van der Waals surface area contributed by atoms with Crippen molar-refractivity contribution >= 4 is 10.0 Å². The summed E-state index contributed by atoms with van der Waals surface area (Å²) in [6.07, 6.45) is 0.705. The Labute approximate surface area is 104 Å². The van der Waals surface area contributed by atoms with E-state index in [0.717, 1.165) is 0 Å². The fourth-order valence-corrected chi connectivity index (χ4v) is 3.62. The molecular formula is C11H24N2O3S. The molecule has 5 nitrogen and oxygen atoms in total. The van der Waals surface area contributed by atoms with Gasteiger partial charge in [-0.1, -0.05) is 20.8 Å². The minimum absolute atomic E-state index is 0.0320. The highest BCUT2D eigenvalue weighted by Gasteiger charge is 2.28. The van der Waals surface area contributed by atoms with Crippen LogP contribution in [0.5, 0.6) is 0 Å². The maximum absolute atomic E-state index is 12.1. The third kappa shape index (κ3) is 5.33. The Morgan fingerprint density at radius 3 is 2.29 bits per heavy atom. The molecule has 0 spiro atoms. The van der Waals surface area contributed by atoms with Crippen LogP contribution in [0.2, 0.25) is 0 Å². The van der Waals surface area contributed by atoms with E-state index < -0.39 is 10.0 Å². The lowest BCUT2D eigenvalue weighted by atomic mass is 9.89. The topological polar surface area (TPSA) is 72.6 Å². The molecule has 0 aromatic heterocycles. The van der Waals surface area contributed by atoms with Gasteiger partial charge in [0.05, 0.1) is 19.0 Å². The molecule has 0 aromatic rings. The third-order valence-corrected chi connectivity index (χ3v) is 4.66. The molecule has 0 bridgehead atoms. The summed E-state index contributed by atoms with van der Waals surface area (Å²) in [5, 5.41) is 0. The highest BCUT2D eigenvalue weighted by atomic mass is 32.2. The highest BCUT2D eigenvalue weighted by molar-refractivity contribution is 7.89. The largest absolute Gasteiger partial charge is 0.379 e. The summed E-state index contributed by atoms with van der Waals surface area (Å²) in [6.45, 7) is 8.05. The van der Waals surface area contributed by atoms with Gasteiger partial charge in [-0.25, -0.2) is 8.42 Å². The first-order valence-electron chi connectivity index (χ1n) is 6.02. The van der Waals surface area contributed by atoms with E-state index in [1.54, 1.807) is 0 Å². The van der Waals surface area contributed by atoms with Gasteiger partial charge in [-0.3, -0.25) is 0 Å². The summed E-state index contributed by atoms with van der Waals surface area (Å²) < 4.78 is 30.8. The number of rotatable bonds is 4. The second-order valence-electron chi connectivity index (χ2n) is 5.81. The number of hydrogen-bond acceptors (Lipinski definition) is 4. The number of sulfonamides is 1. The van der Waals surface area contributed by atoms with Gasteiger partial charge in [-0.15, -0.1) is 0 Å². The number of hydrogen-bond donors (Lipinski definition) is 1. The van der Waals surface area contributed by atoms with E-state index in [4.69, 9.17) is 10.5 Å². The van der Waals surface area contributed by atoms with Crippen molar-refractivity contribution in [3.63, 3.8) is 0 Å². The number of nitrogens with two attached hydrogens (primary N) is 1. The van der Waals surface area contributed by atoms with Crippen molar-refractivity contribution in [3.05, 3.63) is 0 Å². The van der Waals surface area contributed by atoms with Crippen molar-refractivity contribution in [1.82, 2.24) is 4.31 Å². The second-order valence-corrected chi connectivity index (χ2v) is 7.83. The molecule has 6 heteroatoms. The van der Waals surface area contributed by atoms with Crippen molar-refractivity contribution in [2.45, 2.75) is 33.2 Å². The van der Waals surface area contributed by atoms with E-state index in [1.807, 2.05) is 0 Å². The molecule has 1 aliphatic heterocycles. The minimum Gasteiger partial charge on any atom is -0.379 e. The number of ether oxygens (including phenoxy) is 1. The lowest BCUT2D eigenvalue weighted by Gasteiger charge is -2.29. The molecule has 1 atom stereocenters. The van der Waals surface area contributed by atoms with Crippen LogP contribution in [0.25, 0.3) is 0 Å². The molecule has 1 heterocycles. The molecule has 1 aliphatic rings. The predicted molar refractivity (Wildman–Crippen MR) is 68.2 cm³/mol. The van der Waals surface area contributed by atoms with E-state index in [9.17, 15) is 8.42 Å². The van der Waals surface area contributed by atoms with E-state index in [0.29, 0.717) is 32.7 Å². The molecule has 1 saturated heterocycles. The smallest absolute Gasteiger partial charge is 0.215 e. The van der Waals surface area contributed by atoms with Gasteiger partial charge in [0.15, 0.2) is 0 Å². The molecule has 0 radical (unpaired) electrons. The quantitative estimate of drug-likeness (QED) is 0.798. The fraction of sp³-hybridized carbons (Fsp3) is 1.00. The normalized spacial score (nSPS) is 21.4. The van der Waals surface area contributed by atoms with Gasteiger partial charge in [0.25, 0.3) is 0 Å². The standard InChI is InChI=1S/C11H24N2O3S/c1-11(2,3)8-10(12)9-17(14,15)13-4-6-16-7-5-13/h10H,4-9,12H2,1-3H3. The van der Waals surface area contributed by atoms with Crippen molar-refractivity contribution in [2.24, 2.45) is 11.1 Å². The van der Waals surface area contributed by atoms with Crippen LogP contribution in [0.15, 0.2) is 0 Å². The van der Waals surface area contributed by atoms with Crippen LogP contribution in [0.4, 0.5) is 0 Å². The Balaban J connectivity index is 2.53. The van der Waals surface area contributed by atoms with Crippen LogP contribution in [0, 0.1) is 5.41 Å². The summed E-state index contributed by atoms with van der Waals surface area (Å²) in [5.41, 5.74) is 5.97. The first kappa shape index (κ1) is 14.9. The van der Waals surface area contributed by atoms with Gasteiger partial charge in [-0.05, 0) is 11.8 Å². The van der Waals surface area contributed by atoms with Gasteiger partial charge in [0.2, 0.25) is 10.0 Å². The Kier molecular flexibility index (Phi) is 4.95. The van der Waals surface area contributed by atoms with Crippen LogP contribution < -0.4 is 5.73 Å². The van der Waals surface area contributed by atoms with Gasteiger partial charge in [0, 0.05) is 19.1 Å². The second kappa shape index (κ2) is 5.65. The van der Waals surface area contributed by atoms with E-state index >= 15 is 0 Å².